The Morgan fingerprint density at radius 2 is 1.77 bits per heavy atom. The van der Waals surface area contributed by atoms with Crippen LogP contribution < -0.4 is 15.4 Å². The number of anilines is 1. The van der Waals surface area contributed by atoms with E-state index in [1.807, 2.05) is 54.6 Å². The fourth-order valence-electron chi connectivity index (χ4n) is 2.28. The fraction of sp³-hybridized carbons (Fsp3) is 0.278. The molecule has 114 valence electrons. The minimum atomic E-state index is -0.136. The van der Waals surface area contributed by atoms with Crippen molar-refractivity contribution in [3.8, 4) is 5.75 Å². The molecule has 2 aromatic rings. The molecule has 1 aliphatic carbocycles. The van der Waals surface area contributed by atoms with Gasteiger partial charge in [-0.3, -0.25) is 0 Å². The summed E-state index contributed by atoms with van der Waals surface area (Å²) < 4.78 is 5.71. The van der Waals surface area contributed by atoms with Gasteiger partial charge in [0.1, 0.15) is 12.4 Å². The molecule has 0 radical (unpaired) electrons. The molecule has 1 saturated carbocycles. The van der Waals surface area contributed by atoms with E-state index in [0.717, 1.165) is 29.8 Å². The molecule has 0 heterocycles. The molecule has 0 unspecified atom stereocenters. The molecule has 4 heteroatoms. The number of carbonyl (C=O) groups excluding carboxylic acids is 1. The first kappa shape index (κ1) is 14.4. The second-order valence-corrected chi connectivity index (χ2v) is 5.52. The average molecular weight is 296 g/mol. The lowest BCUT2D eigenvalue weighted by Gasteiger charge is -2.26. The second-order valence-electron chi connectivity index (χ2n) is 5.52. The Kier molecular flexibility index (Phi) is 4.59. The number of benzene rings is 2. The van der Waals surface area contributed by atoms with E-state index >= 15 is 0 Å². The normalized spacial score (nSPS) is 14.0. The highest BCUT2D eigenvalue weighted by Crippen LogP contribution is 2.19. The Bertz CT molecular complexity index is 607. The number of nitrogens with one attached hydrogen (secondary N) is 2. The SMILES string of the molecule is O=C(Nc1ccc(OCc2ccccc2)cc1)NC1CCC1. The zero-order valence-electron chi connectivity index (χ0n) is 12.4. The number of hydrogen-bond donors (Lipinski definition) is 2. The molecular weight excluding hydrogens is 276 g/mol. The summed E-state index contributed by atoms with van der Waals surface area (Å²) in [5.74, 6) is 0.786. The van der Waals surface area contributed by atoms with Crippen LogP contribution in [0, 0.1) is 0 Å². The molecule has 2 amide bonds. The Balaban J connectivity index is 1.48. The summed E-state index contributed by atoms with van der Waals surface area (Å²) in [6, 6.07) is 17.7. The van der Waals surface area contributed by atoms with Gasteiger partial charge < -0.3 is 15.4 Å². The average Bonchev–Trinajstić information content (AvgIpc) is 2.51. The van der Waals surface area contributed by atoms with Crippen LogP contribution in [-0.2, 0) is 6.61 Å². The first-order chi connectivity index (χ1) is 10.8. The Morgan fingerprint density at radius 3 is 2.41 bits per heavy atom. The lowest BCUT2D eigenvalue weighted by atomic mass is 9.93. The topological polar surface area (TPSA) is 50.4 Å². The second kappa shape index (κ2) is 6.98. The largest absolute Gasteiger partial charge is 0.489 e. The smallest absolute Gasteiger partial charge is 0.319 e. The molecule has 1 fully saturated rings. The summed E-state index contributed by atoms with van der Waals surface area (Å²) in [6.07, 6.45) is 3.37. The van der Waals surface area contributed by atoms with Crippen LogP contribution in [0.25, 0.3) is 0 Å². The molecule has 22 heavy (non-hydrogen) atoms. The van der Waals surface area contributed by atoms with Crippen LogP contribution >= 0.6 is 0 Å². The van der Waals surface area contributed by atoms with Crippen molar-refractivity contribution in [2.45, 2.75) is 31.9 Å². The van der Waals surface area contributed by atoms with Crippen LogP contribution in [0.5, 0.6) is 5.75 Å². The van der Waals surface area contributed by atoms with E-state index in [1.54, 1.807) is 0 Å². The standard InChI is InChI=1S/C18H20N2O2/c21-18(19-15-7-4-8-15)20-16-9-11-17(12-10-16)22-13-14-5-2-1-3-6-14/h1-3,5-6,9-12,15H,4,7-8,13H2,(H2,19,20,21). The van der Waals surface area contributed by atoms with Gasteiger partial charge in [0.15, 0.2) is 0 Å². The van der Waals surface area contributed by atoms with E-state index in [0.29, 0.717) is 12.6 Å². The molecule has 1 aliphatic rings. The first-order valence-electron chi connectivity index (χ1n) is 7.64. The van der Waals surface area contributed by atoms with E-state index in [4.69, 9.17) is 4.74 Å². The van der Waals surface area contributed by atoms with Gasteiger partial charge in [-0.05, 0) is 49.1 Å². The third kappa shape index (κ3) is 4.01. The molecule has 4 nitrogen and oxygen atoms in total. The van der Waals surface area contributed by atoms with Crippen LogP contribution in [0.1, 0.15) is 24.8 Å². The van der Waals surface area contributed by atoms with Gasteiger partial charge in [-0.1, -0.05) is 30.3 Å². The van der Waals surface area contributed by atoms with Crippen molar-refractivity contribution in [3.05, 3.63) is 60.2 Å². The van der Waals surface area contributed by atoms with Crippen LogP contribution in [-0.4, -0.2) is 12.1 Å². The highest BCUT2D eigenvalue weighted by molar-refractivity contribution is 5.89. The fourth-order valence-corrected chi connectivity index (χ4v) is 2.28. The van der Waals surface area contributed by atoms with Crippen LogP contribution in [0.2, 0.25) is 0 Å². The van der Waals surface area contributed by atoms with Crippen molar-refractivity contribution in [2.24, 2.45) is 0 Å². The molecule has 2 aromatic carbocycles. The van der Waals surface area contributed by atoms with Crippen molar-refractivity contribution >= 4 is 11.7 Å². The summed E-state index contributed by atoms with van der Waals surface area (Å²) in [4.78, 5) is 11.8. The molecule has 0 aliphatic heterocycles. The molecule has 0 spiro atoms. The minimum absolute atomic E-state index is 0.136. The van der Waals surface area contributed by atoms with E-state index in [-0.39, 0.29) is 6.03 Å². The van der Waals surface area contributed by atoms with Crippen molar-refractivity contribution in [2.75, 3.05) is 5.32 Å². The zero-order valence-corrected chi connectivity index (χ0v) is 12.4. The molecule has 0 atom stereocenters. The monoisotopic (exact) mass is 296 g/mol. The van der Waals surface area contributed by atoms with E-state index < -0.39 is 0 Å². The van der Waals surface area contributed by atoms with E-state index in [2.05, 4.69) is 10.6 Å². The number of carbonyl (C=O) groups is 1. The van der Waals surface area contributed by atoms with Crippen molar-refractivity contribution in [1.82, 2.24) is 5.32 Å². The molecule has 2 N–H and O–H groups in total. The number of hydrogen-bond acceptors (Lipinski definition) is 2. The third-order valence-corrected chi connectivity index (χ3v) is 3.80. The van der Waals surface area contributed by atoms with Gasteiger partial charge in [0.2, 0.25) is 0 Å². The molecule has 0 saturated heterocycles. The third-order valence-electron chi connectivity index (χ3n) is 3.80. The molecule has 0 bridgehead atoms. The van der Waals surface area contributed by atoms with Gasteiger partial charge >= 0.3 is 6.03 Å². The maximum atomic E-state index is 11.8. The first-order valence-corrected chi connectivity index (χ1v) is 7.64. The summed E-state index contributed by atoms with van der Waals surface area (Å²) in [5, 5.41) is 5.78. The predicted octanol–water partition coefficient (Wildman–Crippen LogP) is 3.94. The summed E-state index contributed by atoms with van der Waals surface area (Å²) in [6.45, 7) is 0.537. The van der Waals surface area contributed by atoms with Gasteiger partial charge in [0.05, 0.1) is 0 Å². The Labute approximate surface area is 130 Å². The van der Waals surface area contributed by atoms with Crippen LogP contribution in [0.3, 0.4) is 0 Å². The van der Waals surface area contributed by atoms with E-state index in [9.17, 15) is 4.79 Å². The summed E-state index contributed by atoms with van der Waals surface area (Å²) in [7, 11) is 0. The van der Waals surface area contributed by atoms with Crippen molar-refractivity contribution in [3.63, 3.8) is 0 Å². The van der Waals surface area contributed by atoms with Gasteiger partial charge in [0.25, 0.3) is 0 Å². The highest BCUT2D eigenvalue weighted by Gasteiger charge is 2.19. The van der Waals surface area contributed by atoms with Gasteiger partial charge in [-0.25, -0.2) is 4.79 Å². The van der Waals surface area contributed by atoms with Gasteiger partial charge in [-0.2, -0.15) is 0 Å². The molecule has 3 rings (SSSR count). The maximum absolute atomic E-state index is 11.8. The Hall–Kier alpha value is -2.49. The van der Waals surface area contributed by atoms with Crippen LogP contribution in [0.4, 0.5) is 10.5 Å². The molecular formula is C18H20N2O2. The minimum Gasteiger partial charge on any atom is -0.489 e. The van der Waals surface area contributed by atoms with Gasteiger partial charge in [-0.15, -0.1) is 0 Å². The van der Waals surface area contributed by atoms with E-state index in [1.165, 1.54) is 6.42 Å². The van der Waals surface area contributed by atoms with Gasteiger partial charge in [0, 0.05) is 11.7 Å². The number of amides is 2. The maximum Gasteiger partial charge on any atom is 0.319 e. The van der Waals surface area contributed by atoms with Crippen LogP contribution in [0.15, 0.2) is 54.6 Å². The predicted molar refractivity (Wildman–Crippen MR) is 87.0 cm³/mol. The number of ether oxygens (including phenoxy) is 1. The Morgan fingerprint density at radius 1 is 1.05 bits per heavy atom. The highest BCUT2D eigenvalue weighted by atomic mass is 16.5. The zero-order chi connectivity index (χ0) is 15.2. The summed E-state index contributed by atoms with van der Waals surface area (Å²) >= 11 is 0. The van der Waals surface area contributed by atoms with Crippen molar-refractivity contribution < 1.29 is 9.53 Å². The lowest BCUT2D eigenvalue weighted by Crippen LogP contribution is -2.41. The van der Waals surface area contributed by atoms with Crippen molar-refractivity contribution in [1.29, 1.82) is 0 Å². The summed E-state index contributed by atoms with van der Waals surface area (Å²) in [5.41, 5.74) is 1.90. The number of urea groups is 1. The number of rotatable bonds is 5. The lowest BCUT2D eigenvalue weighted by molar-refractivity contribution is 0.240. The molecule has 0 aromatic heterocycles. The quantitative estimate of drug-likeness (QED) is 0.878.